The molecule has 0 saturated carbocycles. The average molecular weight is 272 g/mol. The molecule has 0 fully saturated rings. The number of rotatable bonds is 6. The Morgan fingerprint density at radius 1 is 1.25 bits per heavy atom. The average Bonchev–Trinajstić information content (AvgIpc) is 2.48. The molecular weight excluding hydrogens is 252 g/mol. The third-order valence-corrected chi connectivity index (χ3v) is 2.97. The van der Waals surface area contributed by atoms with Gasteiger partial charge in [-0.25, -0.2) is 4.98 Å². The first-order valence-electron chi connectivity index (χ1n) is 6.63. The lowest BCUT2D eigenvalue weighted by atomic mass is 10.2. The van der Waals surface area contributed by atoms with Crippen molar-refractivity contribution >= 4 is 11.6 Å². The Morgan fingerprint density at radius 2 is 2.05 bits per heavy atom. The van der Waals surface area contributed by atoms with Crippen molar-refractivity contribution in [2.24, 2.45) is 0 Å². The second-order valence-corrected chi connectivity index (χ2v) is 4.46. The summed E-state index contributed by atoms with van der Waals surface area (Å²) in [5, 5.41) is 3.16. The zero-order valence-corrected chi connectivity index (χ0v) is 12.1. The molecule has 0 saturated heterocycles. The second kappa shape index (κ2) is 6.75. The van der Waals surface area contributed by atoms with E-state index >= 15 is 0 Å². The van der Waals surface area contributed by atoms with Crippen LogP contribution < -0.4 is 15.0 Å². The fraction of sp³-hybridized carbons (Fsp3) is 0.333. The summed E-state index contributed by atoms with van der Waals surface area (Å²) in [6.07, 6.45) is 3.49. The topological polar surface area (TPSA) is 50.3 Å². The minimum atomic E-state index is 0.717. The van der Waals surface area contributed by atoms with Gasteiger partial charge in [-0.3, -0.25) is 4.98 Å². The molecule has 0 aliphatic carbocycles. The lowest BCUT2D eigenvalue weighted by molar-refractivity contribution is 0.409. The maximum absolute atomic E-state index is 5.37. The van der Waals surface area contributed by atoms with Gasteiger partial charge < -0.3 is 15.0 Å². The lowest BCUT2D eigenvalue weighted by Gasteiger charge is -2.19. The molecule has 1 aromatic carbocycles. The first kappa shape index (κ1) is 14.1. The Morgan fingerprint density at radius 3 is 2.80 bits per heavy atom. The Labute approximate surface area is 119 Å². The summed E-state index contributed by atoms with van der Waals surface area (Å²) < 4.78 is 5.37. The number of ether oxygens (including phenoxy) is 1. The van der Waals surface area contributed by atoms with E-state index < -0.39 is 0 Å². The van der Waals surface area contributed by atoms with E-state index in [2.05, 4.69) is 21.4 Å². The van der Waals surface area contributed by atoms with Gasteiger partial charge in [-0.15, -0.1) is 0 Å². The van der Waals surface area contributed by atoms with Crippen molar-refractivity contribution in [3.8, 4) is 5.75 Å². The first-order chi connectivity index (χ1) is 9.74. The Balaban J connectivity index is 2.15. The maximum Gasteiger partial charge on any atom is 0.149 e. The molecule has 0 amide bonds. The van der Waals surface area contributed by atoms with E-state index in [4.69, 9.17) is 4.74 Å². The highest BCUT2D eigenvalue weighted by atomic mass is 16.5. The van der Waals surface area contributed by atoms with Crippen molar-refractivity contribution in [1.29, 1.82) is 0 Å². The van der Waals surface area contributed by atoms with Crippen LogP contribution in [0.2, 0.25) is 0 Å². The fourth-order valence-corrected chi connectivity index (χ4v) is 1.98. The minimum Gasteiger partial charge on any atom is -0.496 e. The van der Waals surface area contributed by atoms with E-state index in [-0.39, 0.29) is 0 Å². The first-order valence-corrected chi connectivity index (χ1v) is 6.63. The van der Waals surface area contributed by atoms with Crippen molar-refractivity contribution in [3.63, 3.8) is 0 Å². The molecule has 0 atom stereocenters. The van der Waals surface area contributed by atoms with E-state index in [9.17, 15) is 0 Å². The minimum absolute atomic E-state index is 0.717. The Hall–Kier alpha value is -2.30. The number of hydrogen-bond donors (Lipinski definition) is 1. The Kier molecular flexibility index (Phi) is 4.76. The van der Waals surface area contributed by atoms with Crippen LogP contribution in [0, 0.1) is 0 Å². The molecule has 0 aliphatic heterocycles. The summed E-state index contributed by atoms with van der Waals surface area (Å²) in [4.78, 5) is 10.8. The van der Waals surface area contributed by atoms with E-state index in [0.717, 1.165) is 29.5 Å². The summed E-state index contributed by atoms with van der Waals surface area (Å²) in [5.74, 6) is 2.50. The van der Waals surface area contributed by atoms with Crippen LogP contribution in [-0.2, 0) is 6.54 Å². The van der Waals surface area contributed by atoms with E-state index in [1.54, 1.807) is 19.5 Å². The molecule has 2 rings (SSSR count). The molecule has 106 valence electrons. The van der Waals surface area contributed by atoms with Gasteiger partial charge in [-0.1, -0.05) is 18.2 Å². The van der Waals surface area contributed by atoms with Gasteiger partial charge in [0.15, 0.2) is 0 Å². The van der Waals surface area contributed by atoms with Crippen molar-refractivity contribution in [1.82, 2.24) is 9.97 Å². The smallest absolute Gasteiger partial charge is 0.149 e. The number of aromatic nitrogens is 2. The van der Waals surface area contributed by atoms with Crippen LogP contribution in [0.25, 0.3) is 0 Å². The lowest BCUT2D eigenvalue weighted by Crippen LogP contribution is -2.19. The number of para-hydroxylation sites is 1. The van der Waals surface area contributed by atoms with Gasteiger partial charge >= 0.3 is 0 Å². The van der Waals surface area contributed by atoms with Crippen LogP contribution in [-0.4, -0.2) is 30.7 Å². The quantitative estimate of drug-likeness (QED) is 0.875. The van der Waals surface area contributed by atoms with E-state index in [1.165, 1.54) is 0 Å². The number of methoxy groups -OCH3 is 1. The Bertz CT molecular complexity index is 559. The van der Waals surface area contributed by atoms with Crippen molar-refractivity contribution < 1.29 is 4.74 Å². The SMILES string of the molecule is CCNc1cncc(N(C)Cc2ccccc2OC)n1. The molecule has 0 radical (unpaired) electrons. The largest absolute Gasteiger partial charge is 0.496 e. The van der Waals surface area contributed by atoms with Crippen molar-refractivity contribution in [2.45, 2.75) is 13.5 Å². The molecule has 20 heavy (non-hydrogen) atoms. The highest BCUT2D eigenvalue weighted by molar-refractivity contribution is 5.45. The molecule has 5 nitrogen and oxygen atoms in total. The number of hydrogen-bond acceptors (Lipinski definition) is 5. The van der Waals surface area contributed by atoms with Crippen LogP contribution in [0.3, 0.4) is 0 Å². The zero-order chi connectivity index (χ0) is 14.4. The zero-order valence-electron chi connectivity index (χ0n) is 12.1. The number of nitrogens with one attached hydrogen (secondary N) is 1. The van der Waals surface area contributed by atoms with E-state index in [1.807, 2.05) is 37.1 Å². The molecule has 5 heteroatoms. The standard InChI is InChI=1S/C15H20N4O/c1-4-17-14-9-16-10-15(18-14)19(2)11-12-7-5-6-8-13(12)20-3/h5-10H,4,11H2,1-3H3,(H,17,18). The maximum atomic E-state index is 5.37. The molecule has 0 unspecified atom stereocenters. The summed E-state index contributed by atoms with van der Waals surface area (Å²) in [7, 11) is 3.68. The second-order valence-electron chi connectivity index (χ2n) is 4.46. The predicted molar refractivity (Wildman–Crippen MR) is 81.3 cm³/mol. The summed E-state index contributed by atoms with van der Waals surface area (Å²) in [6, 6.07) is 7.99. The highest BCUT2D eigenvalue weighted by Crippen LogP contribution is 2.21. The van der Waals surface area contributed by atoms with Crippen LogP contribution in [0.1, 0.15) is 12.5 Å². The van der Waals surface area contributed by atoms with E-state index in [0.29, 0.717) is 6.54 Å². The van der Waals surface area contributed by atoms with Crippen LogP contribution in [0.4, 0.5) is 11.6 Å². The molecule has 1 aromatic heterocycles. The van der Waals surface area contributed by atoms with Gasteiger partial charge in [-0.2, -0.15) is 0 Å². The van der Waals surface area contributed by atoms with Gasteiger partial charge in [0.25, 0.3) is 0 Å². The number of anilines is 2. The molecule has 2 aromatic rings. The molecule has 1 N–H and O–H groups in total. The number of nitrogens with zero attached hydrogens (tertiary/aromatic N) is 3. The molecule has 0 aliphatic rings. The van der Waals surface area contributed by atoms with Crippen LogP contribution in [0.5, 0.6) is 5.75 Å². The van der Waals surface area contributed by atoms with Crippen LogP contribution >= 0.6 is 0 Å². The van der Waals surface area contributed by atoms with Gasteiger partial charge in [0, 0.05) is 25.7 Å². The van der Waals surface area contributed by atoms with Crippen LogP contribution in [0.15, 0.2) is 36.7 Å². The third kappa shape index (κ3) is 3.38. The fourth-order valence-electron chi connectivity index (χ4n) is 1.98. The molecule has 0 bridgehead atoms. The highest BCUT2D eigenvalue weighted by Gasteiger charge is 2.08. The summed E-state index contributed by atoms with van der Waals surface area (Å²) in [6.45, 7) is 3.58. The van der Waals surface area contributed by atoms with Gasteiger partial charge in [-0.05, 0) is 13.0 Å². The normalized spacial score (nSPS) is 10.2. The van der Waals surface area contributed by atoms with Gasteiger partial charge in [0.1, 0.15) is 17.4 Å². The third-order valence-electron chi connectivity index (χ3n) is 2.97. The molecule has 0 spiro atoms. The molecular formula is C15H20N4O. The van der Waals surface area contributed by atoms with Gasteiger partial charge in [0.2, 0.25) is 0 Å². The monoisotopic (exact) mass is 272 g/mol. The number of benzene rings is 1. The van der Waals surface area contributed by atoms with Gasteiger partial charge in [0.05, 0.1) is 19.5 Å². The van der Waals surface area contributed by atoms with Crippen molar-refractivity contribution in [3.05, 3.63) is 42.2 Å². The summed E-state index contributed by atoms with van der Waals surface area (Å²) in [5.41, 5.74) is 1.12. The van der Waals surface area contributed by atoms with Crippen molar-refractivity contribution in [2.75, 3.05) is 30.9 Å². The molecule has 1 heterocycles. The summed E-state index contributed by atoms with van der Waals surface area (Å²) >= 11 is 0. The predicted octanol–water partition coefficient (Wildman–Crippen LogP) is 2.55.